The van der Waals surface area contributed by atoms with Crippen LogP contribution in [0.5, 0.6) is 0 Å². The summed E-state index contributed by atoms with van der Waals surface area (Å²) in [6.07, 6.45) is 5.28. The first-order valence-electron chi connectivity index (χ1n) is 5.63. The largest absolute Gasteiger partial charge is 0.468 e. The van der Waals surface area contributed by atoms with Crippen LogP contribution in [-0.2, 0) is 14.3 Å². The Morgan fingerprint density at radius 1 is 1.13 bits per heavy atom. The van der Waals surface area contributed by atoms with E-state index in [9.17, 15) is 9.59 Å². The summed E-state index contributed by atoms with van der Waals surface area (Å²) in [6.45, 7) is 3.32. The summed E-state index contributed by atoms with van der Waals surface area (Å²) in [6, 6.07) is 0. The molecule has 0 saturated heterocycles. The predicted molar refractivity (Wildman–Crippen MR) is 57.4 cm³/mol. The summed E-state index contributed by atoms with van der Waals surface area (Å²) in [7, 11) is 1.33. The third-order valence-electron chi connectivity index (χ3n) is 3.29. The van der Waals surface area contributed by atoms with E-state index >= 15 is 0 Å². The molecule has 1 aliphatic carbocycles. The lowest BCUT2D eigenvalue weighted by Crippen LogP contribution is -2.39. The Morgan fingerprint density at radius 2 is 1.67 bits per heavy atom. The Kier molecular flexibility index (Phi) is 3.89. The minimum Gasteiger partial charge on any atom is -0.468 e. The molecule has 0 radical (unpaired) electrons. The first kappa shape index (κ1) is 12.2. The fourth-order valence-electron chi connectivity index (χ4n) is 2.23. The second-order valence-corrected chi connectivity index (χ2v) is 4.82. The second kappa shape index (κ2) is 4.77. The SMILES string of the molecule is COC(=O)C(C)(C)C(=O)C1CCCCC1. The summed E-state index contributed by atoms with van der Waals surface area (Å²) in [5.74, 6) is -0.306. The Hall–Kier alpha value is -0.860. The third kappa shape index (κ3) is 2.58. The van der Waals surface area contributed by atoms with Gasteiger partial charge in [0.25, 0.3) is 0 Å². The van der Waals surface area contributed by atoms with Gasteiger partial charge in [-0.3, -0.25) is 9.59 Å². The molecular weight excluding hydrogens is 192 g/mol. The maximum Gasteiger partial charge on any atom is 0.318 e. The van der Waals surface area contributed by atoms with E-state index in [1.165, 1.54) is 13.5 Å². The molecule has 0 bridgehead atoms. The number of ether oxygens (including phenoxy) is 1. The van der Waals surface area contributed by atoms with E-state index in [1.807, 2.05) is 0 Å². The van der Waals surface area contributed by atoms with Crippen LogP contribution in [-0.4, -0.2) is 18.9 Å². The first-order chi connectivity index (χ1) is 7.00. The van der Waals surface area contributed by atoms with Gasteiger partial charge in [-0.2, -0.15) is 0 Å². The van der Waals surface area contributed by atoms with Crippen LogP contribution in [0.25, 0.3) is 0 Å². The predicted octanol–water partition coefficient (Wildman–Crippen LogP) is 2.33. The van der Waals surface area contributed by atoms with Crippen molar-refractivity contribution in [2.24, 2.45) is 11.3 Å². The Bertz CT molecular complexity index is 250. The average Bonchev–Trinajstić information content (AvgIpc) is 2.28. The van der Waals surface area contributed by atoms with Gasteiger partial charge in [-0.05, 0) is 26.7 Å². The highest BCUT2D eigenvalue weighted by molar-refractivity contribution is 6.03. The zero-order valence-corrected chi connectivity index (χ0v) is 9.84. The number of carbonyl (C=O) groups is 2. The molecule has 0 unspecified atom stereocenters. The van der Waals surface area contributed by atoms with Crippen molar-refractivity contribution >= 4 is 11.8 Å². The lowest BCUT2D eigenvalue weighted by molar-refractivity contribution is -0.157. The van der Waals surface area contributed by atoms with Gasteiger partial charge in [0.15, 0.2) is 5.78 Å². The molecular formula is C12H20O3. The van der Waals surface area contributed by atoms with E-state index in [0.717, 1.165) is 25.7 Å². The first-order valence-corrected chi connectivity index (χ1v) is 5.63. The summed E-state index contributed by atoms with van der Waals surface area (Å²) in [4.78, 5) is 23.6. The highest BCUT2D eigenvalue weighted by Crippen LogP contribution is 2.32. The van der Waals surface area contributed by atoms with Gasteiger partial charge in [0.05, 0.1) is 7.11 Å². The maximum absolute atomic E-state index is 12.1. The molecule has 3 nitrogen and oxygen atoms in total. The number of rotatable bonds is 3. The lowest BCUT2D eigenvalue weighted by atomic mass is 9.75. The highest BCUT2D eigenvalue weighted by atomic mass is 16.5. The van der Waals surface area contributed by atoms with Crippen LogP contribution >= 0.6 is 0 Å². The van der Waals surface area contributed by atoms with E-state index in [-0.39, 0.29) is 11.7 Å². The second-order valence-electron chi connectivity index (χ2n) is 4.82. The summed E-state index contributed by atoms with van der Waals surface area (Å²) in [5.41, 5.74) is -0.975. The van der Waals surface area contributed by atoms with Crippen LogP contribution < -0.4 is 0 Å². The molecule has 0 atom stereocenters. The number of methoxy groups -OCH3 is 1. The quantitative estimate of drug-likeness (QED) is 0.532. The number of hydrogen-bond acceptors (Lipinski definition) is 3. The van der Waals surface area contributed by atoms with Gasteiger partial charge in [0, 0.05) is 5.92 Å². The maximum atomic E-state index is 12.1. The van der Waals surface area contributed by atoms with Crippen molar-refractivity contribution < 1.29 is 14.3 Å². The van der Waals surface area contributed by atoms with E-state index < -0.39 is 11.4 Å². The van der Waals surface area contributed by atoms with Crippen molar-refractivity contribution in [1.82, 2.24) is 0 Å². The number of ketones is 1. The molecule has 0 heterocycles. The number of esters is 1. The topological polar surface area (TPSA) is 43.4 Å². The standard InChI is InChI=1S/C12H20O3/c1-12(2,11(14)15-3)10(13)9-7-5-4-6-8-9/h9H,4-8H2,1-3H3. The van der Waals surface area contributed by atoms with E-state index in [4.69, 9.17) is 0 Å². The molecule has 0 aromatic rings. The molecule has 3 heteroatoms. The van der Waals surface area contributed by atoms with Gasteiger partial charge in [0.1, 0.15) is 5.41 Å². The normalized spacial score (nSPS) is 18.6. The van der Waals surface area contributed by atoms with Crippen molar-refractivity contribution in [3.63, 3.8) is 0 Å². The molecule has 1 rings (SSSR count). The Labute approximate surface area is 91.2 Å². The van der Waals surface area contributed by atoms with Crippen molar-refractivity contribution in [3.8, 4) is 0 Å². The molecule has 0 spiro atoms. The third-order valence-corrected chi connectivity index (χ3v) is 3.29. The molecule has 0 amide bonds. The Morgan fingerprint density at radius 3 is 2.13 bits per heavy atom. The molecule has 0 aromatic carbocycles. The summed E-state index contributed by atoms with van der Waals surface area (Å²) >= 11 is 0. The van der Waals surface area contributed by atoms with E-state index in [2.05, 4.69) is 4.74 Å². The van der Waals surface area contributed by atoms with Gasteiger partial charge >= 0.3 is 5.97 Å². The fraction of sp³-hybridized carbons (Fsp3) is 0.833. The van der Waals surface area contributed by atoms with Crippen LogP contribution in [0.15, 0.2) is 0 Å². The van der Waals surface area contributed by atoms with E-state index in [1.54, 1.807) is 13.8 Å². The summed E-state index contributed by atoms with van der Waals surface area (Å²) in [5, 5.41) is 0. The highest BCUT2D eigenvalue weighted by Gasteiger charge is 2.40. The van der Waals surface area contributed by atoms with Gasteiger partial charge in [-0.1, -0.05) is 19.3 Å². The lowest BCUT2D eigenvalue weighted by Gasteiger charge is -2.28. The molecule has 1 saturated carbocycles. The number of Topliss-reactive ketones (excluding diaryl/α,β-unsaturated/α-hetero) is 1. The number of carbonyl (C=O) groups excluding carboxylic acids is 2. The molecule has 15 heavy (non-hydrogen) atoms. The van der Waals surface area contributed by atoms with Crippen molar-refractivity contribution in [1.29, 1.82) is 0 Å². The van der Waals surface area contributed by atoms with Gasteiger partial charge in [0.2, 0.25) is 0 Å². The van der Waals surface area contributed by atoms with Crippen molar-refractivity contribution in [2.45, 2.75) is 46.0 Å². The molecule has 1 aliphatic rings. The smallest absolute Gasteiger partial charge is 0.318 e. The van der Waals surface area contributed by atoms with Crippen LogP contribution in [0, 0.1) is 11.3 Å². The number of hydrogen-bond donors (Lipinski definition) is 0. The molecule has 86 valence electrons. The van der Waals surface area contributed by atoms with Crippen LogP contribution in [0.4, 0.5) is 0 Å². The minimum absolute atomic E-state index is 0.0500. The summed E-state index contributed by atoms with van der Waals surface area (Å²) < 4.78 is 4.67. The average molecular weight is 212 g/mol. The van der Waals surface area contributed by atoms with Crippen molar-refractivity contribution in [3.05, 3.63) is 0 Å². The molecule has 1 fully saturated rings. The van der Waals surface area contributed by atoms with E-state index in [0.29, 0.717) is 0 Å². The van der Waals surface area contributed by atoms with Gasteiger partial charge < -0.3 is 4.74 Å². The molecule has 0 N–H and O–H groups in total. The van der Waals surface area contributed by atoms with Crippen LogP contribution in [0.2, 0.25) is 0 Å². The minimum atomic E-state index is -0.975. The monoisotopic (exact) mass is 212 g/mol. The zero-order valence-electron chi connectivity index (χ0n) is 9.84. The molecule has 0 aliphatic heterocycles. The van der Waals surface area contributed by atoms with Gasteiger partial charge in [-0.25, -0.2) is 0 Å². The van der Waals surface area contributed by atoms with Gasteiger partial charge in [-0.15, -0.1) is 0 Å². The molecule has 0 aromatic heterocycles. The Balaban J connectivity index is 2.69. The van der Waals surface area contributed by atoms with Crippen LogP contribution in [0.3, 0.4) is 0 Å². The van der Waals surface area contributed by atoms with Crippen molar-refractivity contribution in [2.75, 3.05) is 7.11 Å². The zero-order chi connectivity index (χ0) is 11.5. The van der Waals surface area contributed by atoms with Crippen LogP contribution in [0.1, 0.15) is 46.0 Å². The fourth-order valence-corrected chi connectivity index (χ4v) is 2.23.